The van der Waals surface area contributed by atoms with Gasteiger partial charge in [0, 0.05) is 62.1 Å². The molecule has 2 heterocycles. The van der Waals surface area contributed by atoms with E-state index < -0.39 is 6.10 Å². The number of nitrogens with zero attached hydrogens (tertiary/aromatic N) is 3. The smallest absolute Gasteiger partial charge is 0.253 e. The third-order valence-corrected chi connectivity index (χ3v) is 5.29. The minimum atomic E-state index is -0.619. The van der Waals surface area contributed by atoms with Gasteiger partial charge in [-0.15, -0.1) is 6.58 Å². The van der Waals surface area contributed by atoms with Crippen molar-refractivity contribution < 1.29 is 9.90 Å². The summed E-state index contributed by atoms with van der Waals surface area (Å²) >= 11 is 0. The van der Waals surface area contributed by atoms with Crippen LogP contribution in [-0.4, -0.2) is 45.5 Å². The van der Waals surface area contributed by atoms with Gasteiger partial charge in [0.05, 0.1) is 6.10 Å². The highest BCUT2D eigenvalue weighted by Crippen LogP contribution is 2.14. The van der Waals surface area contributed by atoms with Crippen molar-refractivity contribution in [3.63, 3.8) is 0 Å². The zero-order chi connectivity index (χ0) is 22.8. The molecule has 2 N–H and O–H groups in total. The fourth-order valence-corrected chi connectivity index (χ4v) is 3.53. The molecular formula is C26H30N4O2. The standard InChI is InChI=1S/C26H30N4O2/c1-3-6-24(29-18-25(31)23-8-5-14-28-17-23)15-20-9-11-22(12-10-20)26(32)30(2)19-21-7-4-13-27-16-21/h3-5,7-14,16-17,24-25,29,31H,1,6,15,18-19H2,2H3. The Morgan fingerprint density at radius 1 is 1.09 bits per heavy atom. The molecule has 3 rings (SSSR count). The predicted molar refractivity (Wildman–Crippen MR) is 126 cm³/mol. The SMILES string of the molecule is C=CCC(Cc1ccc(C(=O)N(C)Cc2cccnc2)cc1)NCC(O)c1cccnc1. The normalized spacial score (nSPS) is 12.7. The lowest BCUT2D eigenvalue weighted by molar-refractivity contribution is 0.0785. The first-order valence-corrected chi connectivity index (χ1v) is 10.7. The molecule has 1 amide bonds. The molecule has 2 atom stereocenters. The average molecular weight is 431 g/mol. The molecule has 3 aromatic rings. The van der Waals surface area contributed by atoms with Crippen LogP contribution >= 0.6 is 0 Å². The van der Waals surface area contributed by atoms with Gasteiger partial charge in [-0.25, -0.2) is 0 Å². The van der Waals surface area contributed by atoms with Crippen LogP contribution in [0.4, 0.5) is 0 Å². The van der Waals surface area contributed by atoms with Gasteiger partial charge in [-0.2, -0.15) is 0 Å². The van der Waals surface area contributed by atoms with Gasteiger partial charge in [-0.3, -0.25) is 14.8 Å². The Bertz CT molecular complexity index is 978. The molecule has 0 saturated heterocycles. The number of carbonyl (C=O) groups excluding carboxylic acids is 1. The number of aromatic nitrogens is 2. The minimum absolute atomic E-state index is 0.0271. The van der Waals surface area contributed by atoms with Crippen LogP contribution in [0.25, 0.3) is 0 Å². The molecule has 0 spiro atoms. The number of aliphatic hydroxyl groups excluding tert-OH is 1. The zero-order valence-corrected chi connectivity index (χ0v) is 18.4. The van der Waals surface area contributed by atoms with Gasteiger partial charge in [-0.1, -0.05) is 30.3 Å². The lowest BCUT2D eigenvalue weighted by Gasteiger charge is -2.20. The first-order chi connectivity index (χ1) is 15.6. The van der Waals surface area contributed by atoms with Crippen molar-refractivity contribution in [3.05, 3.63) is 108 Å². The zero-order valence-electron chi connectivity index (χ0n) is 18.4. The lowest BCUT2D eigenvalue weighted by atomic mass is 10.0. The van der Waals surface area contributed by atoms with Crippen LogP contribution < -0.4 is 5.32 Å². The van der Waals surface area contributed by atoms with Crippen LogP contribution in [0.1, 0.15) is 39.6 Å². The number of aliphatic hydroxyl groups is 1. The molecular weight excluding hydrogens is 400 g/mol. The molecule has 6 heteroatoms. The van der Waals surface area contributed by atoms with Crippen molar-refractivity contribution >= 4 is 5.91 Å². The highest BCUT2D eigenvalue weighted by atomic mass is 16.3. The number of carbonyl (C=O) groups is 1. The van der Waals surface area contributed by atoms with Crippen molar-refractivity contribution in [2.75, 3.05) is 13.6 Å². The molecule has 166 valence electrons. The summed E-state index contributed by atoms with van der Waals surface area (Å²) in [4.78, 5) is 22.6. The van der Waals surface area contributed by atoms with Gasteiger partial charge < -0.3 is 15.3 Å². The second-order valence-electron chi connectivity index (χ2n) is 7.86. The summed E-state index contributed by atoms with van der Waals surface area (Å²) in [6.45, 7) is 4.79. The van der Waals surface area contributed by atoms with Gasteiger partial charge in [0.1, 0.15) is 0 Å². The maximum Gasteiger partial charge on any atom is 0.253 e. The Kier molecular flexibility index (Phi) is 8.66. The summed E-state index contributed by atoms with van der Waals surface area (Å²) in [7, 11) is 1.79. The number of benzene rings is 1. The number of amides is 1. The number of rotatable bonds is 11. The second kappa shape index (κ2) is 11.9. The van der Waals surface area contributed by atoms with Crippen LogP contribution in [0.15, 0.2) is 86.0 Å². The largest absolute Gasteiger partial charge is 0.387 e. The van der Waals surface area contributed by atoms with E-state index in [2.05, 4.69) is 21.9 Å². The van der Waals surface area contributed by atoms with Crippen LogP contribution in [0, 0.1) is 0 Å². The summed E-state index contributed by atoms with van der Waals surface area (Å²) in [5, 5.41) is 13.8. The third-order valence-electron chi connectivity index (χ3n) is 5.29. The summed E-state index contributed by atoms with van der Waals surface area (Å²) < 4.78 is 0. The van der Waals surface area contributed by atoms with Gasteiger partial charge in [-0.05, 0) is 48.2 Å². The third kappa shape index (κ3) is 6.83. The van der Waals surface area contributed by atoms with E-state index in [4.69, 9.17) is 0 Å². The number of pyridine rings is 2. The summed E-state index contributed by atoms with van der Waals surface area (Å²) in [5.41, 5.74) is 3.55. The van der Waals surface area contributed by atoms with E-state index in [0.29, 0.717) is 18.7 Å². The molecule has 32 heavy (non-hydrogen) atoms. The minimum Gasteiger partial charge on any atom is -0.387 e. The van der Waals surface area contributed by atoms with Crippen molar-refractivity contribution in [2.45, 2.75) is 31.5 Å². The maximum atomic E-state index is 12.7. The summed E-state index contributed by atoms with van der Waals surface area (Å²) in [6, 6.07) is 15.3. The Hall–Kier alpha value is -3.35. The van der Waals surface area contributed by atoms with E-state index >= 15 is 0 Å². The monoisotopic (exact) mass is 430 g/mol. The van der Waals surface area contributed by atoms with Crippen molar-refractivity contribution in [3.8, 4) is 0 Å². The molecule has 0 aliphatic heterocycles. The van der Waals surface area contributed by atoms with Gasteiger partial charge in [0.25, 0.3) is 5.91 Å². The topological polar surface area (TPSA) is 78.4 Å². The van der Waals surface area contributed by atoms with Gasteiger partial charge in [0.15, 0.2) is 0 Å². The van der Waals surface area contributed by atoms with E-state index in [0.717, 1.165) is 29.5 Å². The van der Waals surface area contributed by atoms with Crippen molar-refractivity contribution in [1.29, 1.82) is 0 Å². The Morgan fingerprint density at radius 2 is 1.81 bits per heavy atom. The lowest BCUT2D eigenvalue weighted by Crippen LogP contribution is -2.34. The molecule has 0 saturated carbocycles. The second-order valence-corrected chi connectivity index (χ2v) is 7.86. The molecule has 0 fully saturated rings. The summed E-state index contributed by atoms with van der Waals surface area (Å²) in [5.74, 6) is -0.0271. The predicted octanol–water partition coefficient (Wildman–Crippen LogP) is 3.56. The first kappa shape index (κ1) is 23.3. The first-order valence-electron chi connectivity index (χ1n) is 10.7. The highest BCUT2D eigenvalue weighted by molar-refractivity contribution is 5.94. The molecule has 0 radical (unpaired) electrons. The fourth-order valence-electron chi connectivity index (χ4n) is 3.53. The van der Waals surface area contributed by atoms with E-state index in [1.54, 1.807) is 36.7 Å². The number of nitrogens with one attached hydrogen (secondary N) is 1. The average Bonchev–Trinajstić information content (AvgIpc) is 2.83. The Labute approximate surface area is 189 Å². The van der Waals surface area contributed by atoms with Crippen LogP contribution in [-0.2, 0) is 13.0 Å². The van der Waals surface area contributed by atoms with E-state index in [1.807, 2.05) is 54.6 Å². The van der Waals surface area contributed by atoms with Crippen LogP contribution in [0.5, 0.6) is 0 Å². The Balaban J connectivity index is 1.56. The Morgan fingerprint density at radius 3 is 2.44 bits per heavy atom. The molecule has 2 unspecified atom stereocenters. The van der Waals surface area contributed by atoms with E-state index in [-0.39, 0.29) is 11.9 Å². The molecule has 2 aromatic heterocycles. The summed E-state index contributed by atoms with van der Waals surface area (Å²) in [6.07, 6.45) is 9.65. The highest BCUT2D eigenvalue weighted by Gasteiger charge is 2.15. The van der Waals surface area contributed by atoms with Crippen molar-refractivity contribution in [2.24, 2.45) is 0 Å². The van der Waals surface area contributed by atoms with Crippen molar-refractivity contribution in [1.82, 2.24) is 20.2 Å². The quantitative estimate of drug-likeness (QED) is 0.455. The maximum absolute atomic E-state index is 12.7. The van der Waals surface area contributed by atoms with E-state index in [9.17, 15) is 9.90 Å². The van der Waals surface area contributed by atoms with Gasteiger partial charge >= 0.3 is 0 Å². The van der Waals surface area contributed by atoms with E-state index in [1.165, 1.54) is 0 Å². The molecule has 0 aliphatic carbocycles. The van der Waals surface area contributed by atoms with Gasteiger partial charge in [0.2, 0.25) is 0 Å². The van der Waals surface area contributed by atoms with Crippen LogP contribution in [0.3, 0.4) is 0 Å². The fraction of sp³-hybridized carbons (Fsp3) is 0.269. The molecule has 1 aromatic carbocycles. The number of hydrogen-bond acceptors (Lipinski definition) is 5. The molecule has 6 nitrogen and oxygen atoms in total. The molecule has 0 aliphatic rings. The van der Waals surface area contributed by atoms with Crippen LogP contribution in [0.2, 0.25) is 0 Å². The number of hydrogen-bond donors (Lipinski definition) is 2. The molecule has 0 bridgehead atoms.